The molecule has 3 aliphatic rings. The Morgan fingerprint density at radius 3 is 2.15 bits per heavy atom. The Morgan fingerprint density at radius 2 is 1.59 bits per heavy atom. The van der Waals surface area contributed by atoms with Crippen LogP contribution in [-0.4, -0.2) is 12.8 Å². The van der Waals surface area contributed by atoms with E-state index in [1.165, 1.54) is 69.8 Å². The van der Waals surface area contributed by atoms with Crippen LogP contribution in [-0.2, 0) is 5.41 Å². The molecule has 1 nitrogen and oxygen atoms in total. The van der Waals surface area contributed by atoms with Crippen molar-refractivity contribution in [3.8, 4) is 5.75 Å². The summed E-state index contributed by atoms with van der Waals surface area (Å²) in [6, 6.07) is 8.06. The number of hydrogen-bond acceptors (Lipinski definition) is 1. The largest absolute Gasteiger partial charge is 0.490 e. The molecular formula is C23H31F3O. The van der Waals surface area contributed by atoms with E-state index in [0.717, 1.165) is 6.08 Å². The van der Waals surface area contributed by atoms with Crippen molar-refractivity contribution in [1.82, 2.24) is 0 Å². The zero-order valence-corrected chi connectivity index (χ0v) is 16.3. The van der Waals surface area contributed by atoms with E-state index in [0.29, 0.717) is 16.6 Å². The molecule has 3 saturated carbocycles. The van der Waals surface area contributed by atoms with E-state index in [2.05, 4.69) is 19.1 Å². The molecule has 0 heterocycles. The highest BCUT2D eigenvalue weighted by Gasteiger charge is 2.48. The van der Waals surface area contributed by atoms with Crippen molar-refractivity contribution in [2.24, 2.45) is 5.41 Å². The van der Waals surface area contributed by atoms with Crippen molar-refractivity contribution >= 4 is 0 Å². The summed E-state index contributed by atoms with van der Waals surface area (Å²) >= 11 is 0. The quantitative estimate of drug-likeness (QED) is 0.338. The summed E-state index contributed by atoms with van der Waals surface area (Å²) in [5, 5.41) is 0. The molecule has 150 valence electrons. The van der Waals surface area contributed by atoms with Crippen molar-refractivity contribution in [2.45, 2.75) is 82.7 Å². The minimum Gasteiger partial charge on any atom is -0.490 e. The molecule has 3 fully saturated rings. The minimum atomic E-state index is -4.28. The Bertz CT molecular complexity index is 605. The van der Waals surface area contributed by atoms with Crippen LogP contribution >= 0.6 is 0 Å². The maximum absolute atomic E-state index is 12.1. The van der Waals surface area contributed by atoms with Gasteiger partial charge >= 0.3 is 6.18 Å². The second kappa shape index (κ2) is 8.28. The van der Waals surface area contributed by atoms with E-state index in [1.54, 1.807) is 0 Å². The van der Waals surface area contributed by atoms with Gasteiger partial charge in [-0.2, -0.15) is 13.2 Å². The first-order valence-corrected chi connectivity index (χ1v) is 10.3. The molecule has 1 aromatic carbocycles. The molecule has 27 heavy (non-hydrogen) atoms. The fourth-order valence-corrected chi connectivity index (χ4v) is 5.05. The summed E-state index contributed by atoms with van der Waals surface area (Å²) in [5.74, 6) is 0.627. The Labute approximate surface area is 161 Å². The van der Waals surface area contributed by atoms with Crippen LogP contribution in [0.25, 0.3) is 0 Å². The zero-order valence-electron chi connectivity index (χ0n) is 16.3. The van der Waals surface area contributed by atoms with E-state index < -0.39 is 6.18 Å². The molecule has 0 unspecified atom stereocenters. The highest BCUT2D eigenvalue weighted by Crippen LogP contribution is 2.59. The number of fused-ring (bicyclic) bond motifs is 3. The van der Waals surface area contributed by atoms with Crippen molar-refractivity contribution in [1.29, 1.82) is 0 Å². The van der Waals surface area contributed by atoms with Gasteiger partial charge in [-0.05, 0) is 79.5 Å². The highest BCUT2D eigenvalue weighted by molar-refractivity contribution is 5.34. The summed E-state index contributed by atoms with van der Waals surface area (Å²) in [6.07, 6.45) is 10.2. The van der Waals surface area contributed by atoms with Crippen LogP contribution in [0.15, 0.2) is 36.4 Å². The van der Waals surface area contributed by atoms with E-state index in [9.17, 15) is 13.2 Å². The molecular weight excluding hydrogens is 349 g/mol. The Kier molecular flexibility index (Phi) is 6.22. The van der Waals surface area contributed by atoms with E-state index >= 15 is 0 Å². The summed E-state index contributed by atoms with van der Waals surface area (Å²) in [6.45, 7) is 2.20. The molecule has 0 radical (unpaired) electrons. The van der Waals surface area contributed by atoms with Gasteiger partial charge in [0.1, 0.15) is 12.4 Å². The predicted octanol–water partition coefficient (Wildman–Crippen LogP) is 7.36. The van der Waals surface area contributed by atoms with Crippen molar-refractivity contribution < 1.29 is 17.9 Å². The summed E-state index contributed by atoms with van der Waals surface area (Å²) in [5.41, 5.74) is 2.29. The predicted molar refractivity (Wildman–Crippen MR) is 103 cm³/mol. The van der Waals surface area contributed by atoms with Gasteiger partial charge in [-0.15, -0.1) is 0 Å². The Balaban J connectivity index is 1.55. The molecule has 0 spiro atoms. The number of alkyl halides is 3. The smallest absolute Gasteiger partial charge is 0.409 e. The van der Waals surface area contributed by atoms with Crippen LogP contribution in [0.2, 0.25) is 0 Å². The van der Waals surface area contributed by atoms with Gasteiger partial charge < -0.3 is 4.74 Å². The Morgan fingerprint density at radius 1 is 0.963 bits per heavy atom. The van der Waals surface area contributed by atoms with Gasteiger partial charge in [0.15, 0.2) is 0 Å². The van der Waals surface area contributed by atoms with Gasteiger partial charge in [0, 0.05) is 6.08 Å². The zero-order chi connectivity index (χ0) is 19.4. The first-order valence-electron chi connectivity index (χ1n) is 10.3. The molecule has 0 saturated heterocycles. The van der Waals surface area contributed by atoms with Crippen LogP contribution in [0.1, 0.15) is 76.7 Å². The van der Waals surface area contributed by atoms with Crippen LogP contribution in [0.3, 0.4) is 0 Å². The van der Waals surface area contributed by atoms with Crippen LogP contribution in [0.4, 0.5) is 13.2 Å². The molecule has 0 amide bonds. The average molecular weight is 380 g/mol. The van der Waals surface area contributed by atoms with E-state index in [-0.39, 0.29) is 12.7 Å². The van der Waals surface area contributed by atoms with Crippen LogP contribution in [0, 0.1) is 5.41 Å². The van der Waals surface area contributed by atoms with Gasteiger partial charge in [0.25, 0.3) is 0 Å². The fraction of sp³-hybridized carbons (Fsp3) is 0.652. The maximum atomic E-state index is 12.1. The Hall–Kier alpha value is -1.45. The van der Waals surface area contributed by atoms with Gasteiger partial charge in [0.2, 0.25) is 0 Å². The number of hydrogen-bond donors (Lipinski definition) is 0. The first kappa shape index (κ1) is 20.3. The topological polar surface area (TPSA) is 9.23 Å². The molecule has 4 rings (SSSR count). The summed E-state index contributed by atoms with van der Waals surface area (Å²) in [7, 11) is 0. The molecule has 3 aliphatic carbocycles. The molecule has 0 aromatic heterocycles. The standard InChI is InChI=1S/C23H31F3O/c1-2-3-4-10-21-12-15-22(16-13-21,17-14-21)19-6-8-20(9-7-19)27-18-5-11-23(24,25)26/h5-9,11H,2-4,10,12-18H2,1H3. The number of allylic oxidation sites excluding steroid dienone is 1. The second-order valence-electron chi connectivity index (χ2n) is 8.52. The van der Waals surface area contributed by atoms with Gasteiger partial charge in [-0.1, -0.05) is 38.3 Å². The maximum Gasteiger partial charge on any atom is 0.409 e. The number of benzene rings is 1. The monoisotopic (exact) mass is 380 g/mol. The number of ether oxygens (including phenoxy) is 1. The number of rotatable bonds is 8. The lowest BCUT2D eigenvalue weighted by atomic mass is 9.51. The van der Waals surface area contributed by atoms with Crippen LogP contribution < -0.4 is 4.74 Å². The van der Waals surface area contributed by atoms with E-state index in [1.807, 2.05) is 12.1 Å². The van der Waals surface area contributed by atoms with Crippen molar-refractivity contribution in [3.05, 3.63) is 42.0 Å². The second-order valence-corrected chi connectivity index (χ2v) is 8.52. The first-order chi connectivity index (χ1) is 12.9. The average Bonchev–Trinajstić information content (AvgIpc) is 2.67. The van der Waals surface area contributed by atoms with Gasteiger partial charge in [-0.25, -0.2) is 0 Å². The van der Waals surface area contributed by atoms with Gasteiger partial charge in [0.05, 0.1) is 0 Å². The lowest BCUT2D eigenvalue weighted by Crippen LogP contribution is -2.44. The molecule has 1 aromatic rings. The molecule has 4 heteroatoms. The van der Waals surface area contributed by atoms with Crippen molar-refractivity contribution in [2.75, 3.05) is 6.61 Å². The third kappa shape index (κ3) is 5.08. The van der Waals surface area contributed by atoms with Crippen LogP contribution in [0.5, 0.6) is 5.75 Å². The summed E-state index contributed by atoms with van der Waals surface area (Å²) in [4.78, 5) is 0. The SMILES string of the molecule is CCCCCC12CCC(c3ccc(OCC=CC(F)(F)F)cc3)(CC1)CC2. The minimum absolute atomic E-state index is 0.0652. The molecule has 0 N–H and O–H groups in total. The summed E-state index contributed by atoms with van der Waals surface area (Å²) < 4.78 is 41.7. The van der Waals surface area contributed by atoms with Crippen molar-refractivity contribution in [3.63, 3.8) is 0 Å². The number of halogens is 3. The van der Waals surface area contributed by atoms with E-state index in [4.69, 9.17) is 4.74 Å². The molecule has 0 atom stereocenters. The fourth-order valence-electron chi connectivity index (χ4n) is 5.05. The normalized spacial score (nSPS) is 28.0. The van der Waals surface area contributed by atoms with Gasteiger partial charge in [-0.3, -0.25) is 0 Å². The third-order valence-corrected chi connectivity index (χ3v) is 6.83. The third-order valence-electron chi connectivity index (χ3n) is 6.83. The lowest BCUT2D eigenvalue weighted by Gasteiger charge is -2.54. The highest BCUT2D eigenvalue weighted by atomic mass is 19.4. The molecule has 0 aliphatic heterocycles. The lowest BCUT2D eigenvalue weighted by molar-refractivity contribution is -0.0801. The molecule has 2 bridgehead atoms. The number of unbranched alkanes of at least 4 members (excludes halogenated alkanes) is 2.